The van der Waals surface area contributed by atoms with E-state index >= 15 is 0 Å². The van der Waals surface area contributed by atoms with Gasteiger partial charge in [-0.15, -0.1) is 0 Å². The van der Waals surface area contributed by atoms with Crippen LogP contribution in [0.3, 0.4) is 0 Å². The summed E-state index contributed by atoms with van der Waals surface area (Å²) in [6.45, 7) is 5.74. The second-order valence-corrected chi connectivity index (χ2v) is 4.40. The standard InChI is InChI=1S/C11H15NO2/c1-11(2)7-13-10(14-8-11)9-3-5-12-6-4-9/h3-6,10H,7-8H2,1-2H3. The Morgan fingerprint density at radius 3 is 2.36 bits per heavy atom. The van der Waals surface area contributed by atoms with Crippen molar-refractivity contribution in [3.63, 3.8) is 0 Å². The van der Waals surface area contributed by atoms with Crippen LogP contribution < -0.4 is 0 Å². The summed E-state index contributed by atoms with van der Waals surface area (Å²) in [4.78, 5) is 3.96. The number of hydrogen-bond donors (Lipinski definition) is 0. The highest BCUT2D eigenvalue weighted by Crippen LogP contribution is 2.30. The molecule has 2 rings (SSSR count). The van der Waals surface area contributed by atoms with Crippen molar-refractivity contribution in [3.8, 4) is 0 Å². The molecular weight excluding hydrogens is 178 g/mol. The summed E-state index contributed by atoms with van der Waals surface area (Å²) in [5.74, 6) is 0. The first-order valence-electron chi connectivity index (χ1n) is 4.80. The zero-order valence-electron chi connectivity index (χ0n) is 8.56. The molecule has 14 heavy (non-hydrogen) atoms. The van der Waals surface area contributed by atoms with Gasteiger partial charge in [0.15, 0.2) is 6.29 Å². The van der Waals surface area contributed by atoms with Crippen LogP contribution in [0.25, 0.3) is 0 Å². The van der Waals surface area contributed by atoms with Gasteiger partial charge in [0.1, 0.15) is 0 Å². The van der Waals surface area contributed by atoms with Gasteiger partial charge in [-0.1, -0.05) is 13.8 Å². The molecule has 1 saturated heterocycles. The zero-order valence-corrected chi connectivity index (χ0v) is 8.56. The van der Waals surface area contributed by atoms with Gasteiger partial charge < -0.3 is 9.47 Å². The van der Waals surface area contributed by atoms with Crippen LogP contribution >= 0.6 is 0 Å². The fourth-order valence-electron chi connectivity index (χ4n) is 1.41. The Balaban J connectivity index is 2.03. The van der Waals surface area contributed by atoms with Crippen LogP contribution in [0, 0.1) is 5.41 Å². The highest BCUT2D eigenvalue weighted by Gasteiger charge is 2.28. The van der Waals surface area contributed by atoms with Crippen LogP contribution in [-0.2, 0) is 9.47 Å². The summed E-state index contributed by atoms with van der Waals surface area (Å²) in [5, 5.41) is 0. The average molecular weight is 193 g/mol. The third-order valence-electron chi connectivity index (χ3n) is 2.23. The molecule has 0 bridgehead atoms. The number of rotatable bonds is 1. The fourth-order valence-corrected chi connectivity index (χ4v) is 1.41. The van der Waals surface area contributed by atoms with Crippen LogP contribution in [-0.4, -0.2) is 18.2 Å². The second-order valence-electron chi connectivity index (χ2n) is 4.40. The molecule has 1 aliphatic heterocycles. The number of nitrogens with zero attached hydrogens (tertiary/aromatic N) is 1. The summed E-state index contributed by atoms with van der Waals surface area (Å²) in [6.07, 6.45) is 3.29. The molecule has 1 aromatic rings. The normalized spacial score (nSPS) is 22.1. The predicted molar refractivity (Wildman–Crippen MR) is 52.7 cm³/mol. The van der Waals surface area contributed by atoms with Crippen molar-refractivity contribution in [2.45, 2.75) is 20.1 Å². The van der Waals surface area contributed by atoms with Crippen LogP contribution in [0.2, 0.25) is 0 Å². The molecule has 0 amide bonds. The van der Waals surface area contributed by atoms with Gasteiger partial charge in [-0.2, -0.15) is 0 Å². The van der Waals surface area contributed by atoms with Crippen molar-refractivity contribution in [1.29, 1.82) is 0 Å². The number of hydrogen-bond acceptors (Lipinski definition) is 3. The van der Waals surface area contributed by atoms with Crippen molar-refractivity contribution in [2.24, 2.45) is 5.41 Å². The number of aromatic nitrogens is 1. The molecule has 0 atom stereocenters. The monoisotopic (exact) mass is 193 g/mol. The molecule has 2 heterocycles. The molecular formula is C11H15NO2. The smallest absolute Gasteiger partial charge is 0.183 e. The maximum Gasteiger partial charge on any atom is 0.183 e. The van der Waals surface area contributed by atoms with E-state index in [4.69, 9.17) is 9.47 Å². The van der Waals surface area contributed by atoms with Gasteiger partial charge in [0.25, 0.3) is 0 Å². The third-order valence-corrected chi connectivity index (χ3v) is 2.23. The Bertz CT molecular complexity index is 287. The lowest BCUT2D eigenvalue weighted by atomic mass is 9.95. The minimum Gasteiger partial charge on any atom is -0.348 e. The van der Waals surface area contributed by atoms with Crippen molar-refractivity contribution in [3.05, 3.63) is 30.1 Å². The van der Waals surface area contributed by atoms with Crippen LogP contribution in [0.5, 0.6) is 0 Å². The van der Waals surface area contributed by atoms with Gasteiger partial charge in [0.2, 0.25) is 0 Å². The Kier molecular flexibility index (Phi) is 2.52. The van der Waals surface area contributed by atoms with E-state index in [1.54, 1.807) is 12.4 Å². The fraction of sp³-hybridized carbons (Fsp3) is 0.545. The summed E-state index contributed by atoms with van der Waals surface area (Å²) in [6, 6.07) is 3.84. The van der Waals surface area contributed by atoms with E-state index in [1.807, 2.05) is 12.1 Å². The van der Waals surface area contributed by atoms with Gasteiger partial charge in [-0.05, 0) is 12.1 Å². The van der Waals surface area contributed by atoms with E-state index in [-0.39, 0.29) is 11.7 Å². The second kappa shape index (κ2) is 3.67. The first-order chi connectivity index (χ1) is 6.67. The van der Waals surface area contributed by atoms with E-state index in [0.717, 1.165) is 18.8 Å². The molecule has 3 heteroatoms. The largest absolute Gasteiger partial charge is 0.348 e. The minimum absolute atomic E-state index is 0.129. The molecule has 1 aromatic heterocycles. The summed E-state index contributed by atoms with van der Waals surface area (Å²) in [5.41, 5.74) is 1.17. The van der Waals surface area contributed by atoms with Crippen LogP contribution in [0.15, 0.2) is 24.5 Å². The molecule has 0 spiro atoms. The third kappa shape index (κ3) is 2.11. The average Bonchev–Trinajstić information content (AvgIpc) is 2.19. The molecule has 0 saturated carbocycles. The van der Waals surface area contributed by atoms with E-state index in [0.29, 0.717) is 0 Å². The SMILES string of the molecule is CC1(C)COC(c2ccncc2)OC1. The Labute approximate surface area is 84.1 Å². The molecule has 3 nitrogen and oxygen atoms in total. The Hall–Kier alpha value is -0.930. The number of pyridine rings is 1. The molecule has 0 unspecified atom stereocenters. The molecule has 0 aliphatic carbocycles. The zero-order chi connectivity index (χ0) is 10.0. The molecule has 76 valence electrons. The number of ether oxygens (including phenoxy) is 2. The van der Waals surface area contributed by atoms with Crippen LogP contribution in [0.1, 0.15) is 25.7 Å². The van der Waals surface area contributed by atoms with Gasteiger partial charge in [0, 0.05) is 23.4 Å². The van der Waals surface area contributed by atoms with Crippen molar-refractivity contribution in [1.82, 2.24) is 4.98 Å². The van der Waals surface area contributed by atoms with E-state index in [2.05, 4.69) is 18.8 Å². The summed E-state index contributed by atoms with van der Waals surface area (Å²) < 4.78 is 11.3. The lowest BCUT2D eigenvalue weighted by Gasteiger charge is -2.34. The summed E-state index contributed by atoms with van der Waals surface area (Å²) in [7, 11) is 0. The van der Waals surface area contributed by atoms with Gasteiger partial charge in [0.05, 0.1) is 13.2 Å². The molecule has 1 fully saturated rings. The maximum atomic E-state index is 5.63. The molecule has 0 N–H and O–H groups in total. The van der Waals surface area contributed by atoms with E-state index in [1.165, 1.54) is 0 Å². The van der Waals surface area contributed by atoms with E-state index in [9.17, 15) is 0 Å². The molecule has 0 aromatic carbocycles. The lowest BCUT2D eigenvalue weighted by molar-refractivity contribution is -0.226. The minimum atomic E-state index is -0.217. The van der Waals surface area contributed by atoms with Gasteiger partial charge in [-0.3, -0.25) is 4.98 Å². The van der Waals surface area contributed by atoms with E-state index < -0.39 is 0 Å². The van der Waals surface area contributed by atoms with Crippen LogP contribution in [0.4, 0.5) is 0 Å². The summed E-state index contributed by atoms with van der Waals surface area (Å²) >= 11 is 0. The van der Waals surface area contributed by atoms with Crippen molar-refractivity contribution < 1.29 is 9.47 Å². The molecule has 1 aliphatic rings. The maximum absolute atomic E-state index is 5.63. The molecule has 0 radical (unpaired) electrons. The lowest BCUT2D eigenvalue weighted by Crippen LogP contribution is -2.33. The van der Waals surface area contributed by atoms with Crippen molar-refractivity contribution >= 4 is 0 Å². The van der Waals surface area contributed by atoms with Crippen molar-refractivity contribution in [2.75, 3.05) is 13.2 Å². The first-order valence-corrected chi connectivity index (χ1v) is 4.80. The topological polar surface area (TPSA) is 31.4 Å². The Morgan fingerprint density at radius 2 is 1.79 bits per heavy atom. The first kappa shape index (κ1) is 9.62. The highest BCUT2D eigenvalue weighted by atomic mass is 16.7. The van der Waals surface area contributed by atoms with Gasteiger partial charge >= 0.3 is 0 Å². The predicted octanol–water partition coefficient (Wildman–Crippen LogP) is 2.15. The van der Waals surface area contributed by atoms with Gasteiger partial charge in [-0.25, -0.2) is 0 Å². The quantitative estimate of drug-likeness (QED) is 0.684. The highest BCUT2D eigenvalue weighted by molar-refractivity contribution is 5.11. The Morgan fingerprint density at radius 1 is 1.21 bits per heavy atom.